The van der Waals surface area contributed by atoms with E-state index in [-0.39, 0.29) is 0 Å². The van der Waals surface area contributed by atoms with Crippen molar-refractivity contribution in [1.82, 2.24) is 4.98 Å². The van der Waals surface area contributed by atoms with E-state index in [1.807, 2.05) is 12.1 Å². The van der Waals surface area contributed by atoms with Gasteiger partial charge < -0.3 is 10.8 Å². The first-order valence-electron chi connectivity index (χ1n) is 7.05. The first-order chi connectivity index (χ1) is 8.63. The number of hydrogen-bond acceptors (Lipinski definition) is 3. The molecule has 2 rings (SSSR count). The fourth-order valence-corrected chi connectivity index (χ4v) is 3.00. The first-order valence-corrected chi connectivity index (χ1v) is 7.05. The minimum absolute atomic E-state index is 0.558. The average Bonchev–Trinajstić information content (AvgIpc) is 2.54. The third-order valence-corrected chi connectivity index (χ3v) is 4.30. The van der Waals surface area contributed by atoms with Crippen molar-refractivity contribution in [1.29, 1.82) is 0 Å². The molecule has 1 aromatic heterocycles. The van der Waals surface area contributed by atoms with Crippen LogP contribution in [0, 0.1) is 5.92 Å². The van der Waals surface area contributed by atoms with Crippen LogP contribution in [0.2, 0.25) is 0 Å². The molecule has 2 unspecified atom stereocenters. The molecule has 1 saturated carbocycles. The Morgan fingerprint density at radius 2 is 2.28 bits per heavy atom. The minimum atomic E-state index is -0.582. The largest absolute Gasteiger partial charge is 0.390 e. The third-order valence-electron chi connectivity index (χ3n) is 4.30. The molecule has 3 N–H and O–H groups in total. The maximum absolute atomic E-state index is 10.8. The zero-order chi connectivity index (χ0) is 13.0. The van der Waals surface area contributed by atoms with E-state index in [1.165, 1.54) is 12.8 Å². The molecular formula is C15H24N2O. The molecule has 1 aliphatic carbocycles. The maximum Gasteiger partial charge on any atom is 0.126 e. The first kappa shape index (κ1) is 13.3. The van der Waals surface area contributed by atoms with Crippen LogP contribution in [0.5, 0.6) is 0 Å². The van der Waals surface area contributed by atoms with E-state index in [2.05, 4.69) is 11.9 Å². The third kappa shape index (κ3) is 3.22. The van der Waals surface area contributed by atoms with Gasteiger partial charge in [-0.15, -0.1) is 0 Å². The molecule has 0 amide bonds. The molecule has 0 bridgehead atoms. The van der Waals surface area contributed by atoms with Crippen LogP contribution in [0.15, 0.2) is 18.3 Å². The number of pyridine rings is 1. The van der Waals surface area contributed by atoms with Crippen molar-refractivity contribution < 1.29 is 5.11 Å². The van der Waals surface area contributed by atoms with Crippen molar-refractivity contribution in [3.8, 4) is 0 Å². The Balaban J connectivity index is 2.05. The molecular weight excluding hydrogens is 224 g/mol. The Morgan fingerprint density at radius 1 is 1.44 bits per heavy atom. The number of hydrogen-bond donors (Lipinski definition) is 2. The van der Waals surface area contributed by atoms with Gasteiger partial charge >= 0.3 is 0 Å². The lowest BCUT2D eigenvalue weighted by atomic mass is 9.87. The zero-order valence-corrected chi connectivity index (χ0v) is 11.2. The summed E-state index contributed by atoms with van der Waals surface area (Å²) in [5, 5.41) is 10.8. The van der Waals surface area contributed by atoms with Crippen LogP contribution in [0.3, 0.4) is 0 Å². The lowest BCUT2D eigenvalue weighted by Crippen LogP contribution is -2.31. The van der Waals surface area contributed by atoms with Crippen LogP contribution in [-0.2, 0) is 6.42 Å². The number of aliphatic hydroxyl groups is 1. The van der Waals surface area contributed by atoms with Crippen molar-refractivity contribution in [3.63, 3.8) is 0 Å². The monoisotopic (exact) mass is 248 g/mol. The highest BCUT2D eigenvalue weighted by molar-refractivity contribution is 5.39. The molecule has 0 saturated heterocycles. The molecule has 1 heterocycles. The summed E-state index contributed by atoms with van der Waals surface area (Å²) < 4.78 is 0. The highest BCUT2D eigenvalue weighted by Crippen LogP contribution is 2.34. The molecule has 3 nitrogen and oxygen atoms in total. The van der Waals surface area contributed by atoms with E-state index in [0.717, 1.165) is 37.2 Å². The topological polar surface area (TPSA) is 59.1 Å². The minimum Gasteiger partial charge on any atom is -0.390 e. The number of nitrogens with zero attached hydrogens (tertiary/aromatic N) is 1. The highest BCUT2D eigenvalue weighted by atomic mass is 16.3. The SMILES string of the molecule is CCC1CCCC(O)(Cc2cccnc2N)CC1. The van der Waals surface area contributed by atoms with Crippen molar-refractivity contribution in [2.45, 2.75) is 57.5 Å². The van der Waals surface area contributed by atoms with Crippen LogP contribution in [-0.4, -0.2) is 15.7 Å². The van der Waals surface area contributed by atoms with E-state index in [4.69, 9.17) is 5.73 Å². The van der Waals surface area contributed by atoms with Crippen molar-refractivity contribution >= 4 is 5.82 Å². The van der Waals surface area contributed by atoms with Gasteiger partial charge in [0.25, 0.3) is 0 Å². The summed E-state index contributed by atoms with van der Waals surface area (Å²) >= 11 is 0. The van der Waals surface area contributed by atoms with Gasteiger partial charge in [-0.1, -0.05) is 32.3 Å². The molecule has 0 aromatic carbocycles. The predicted octanol–water partition coefficient (Wildman–Crippen LogP) is 2.93. The molecule has 0 aliphatic heterocycles. The van der Waals surface area contributed by atoms with Crippen molar-refractivity contribution in [3.05, 3.63) is 23.9 Å². The smallest absolute Gasteiger partial charge is 0.126 e. The van der Waals surface area contributed by atoms with Crippen LogP contribution >= 0.6 is 0 Å². The molecule has 18 heavy (non-hydrogen) atoms. The van der Waals surface area contributed by atoms with Gasteiger partial charge in [0.05, 0.1) is 5.60 Å². The number of aromatic nitrogens is 1. The summed E-state index contributed by atoms with van der Waals surface area (Å²) in [6, 6.07) is 3.86. The quantitative estimate of drug-likeness (QED) is 0.809. The number of anilines is 1. The maximum atomic E-state index is 10.8. The van der Waals surface area contributed by atoms with Gasteiger partial charge in [-0.3, -0.25) is 0 Å². The Labute approximate surface area is 109 Å². The number of nitrogen functional groups attached to an aromatic ring is 1. The van der Waals surface area contributed by atoms with Gasteiger partial charge in [-0.25, -0.2) is 4.98 Å². The fourth-order valence-electron chi connectivity index (χ4n) is 3.00. The molecule has 1 fully saturated rings. The van der Waals surface area contributed by atoms with E-state index >= 15 is 0 Å². The predicted molar refractivity (Wildman–Crippen MR) is 74.2 cm³/mol. The van der Waals surface area contributed by atoms with Crippen LogP contribution in [0.1, 0.15) is 51.0 Å². The van der Waals surface area contributed by atoms with Crippen molar-refractivity contribution in [2.75, 3.05) is 5.73 Å². The van der Waals surface area contributed by atoms with Crippen molar-refractivity contribution in [2.24, 2.45) is 5.92 Å². The molecule has 3 heteroatoms. The van der Waals surface area contributed by atoms with Gasteiger partial charge in [-0.05, 0) is 36.8 Å². The molecule has 1 aromatic rings. The second kappa shape index (κ2) is 5.70. The standard InChI is InChI=1S/C15H24N2O/c1-2-12-5-3-8-15(18,9-7-12)11-13-6-4-10-17-14(13)16/h4,6,10,12,18H,2-3,5,7-9,11H2,1H3,(H2,16,17). The highest BCUT2D eigenvalue weighted by Gasteiger charge is 2.31. The van der Waals surface area contributed by atoms with Gasteiger partial charge in [0.1, 0.15) is 5.82 Å². The van der Waals surface area contributed by atoms with E-state index in [9.17, 15) is 5.11 Å². The van der Waals surface area contributed by atoms with Gasteiger partial charge in [0.15, 0.2) is 0 Å². The summed E-state index contributed by atoms with van der Waals surface area (Å²) in [4.78, 5) is 4.10. The second-order valence-corrected chi connectivity index (χ2v) is 5.65. The normalized spacial score (nSPS) is 28.9. The summed E-state index contributed by atoms with van der Waals surface area (Å²) in [5.74, 6) is 1.34. The molecule has 1 aliphatic rings. The van der Waals surface area contributed by atoms with Crippen LogP contribution in [0.25, 0.3) is 0 Å². The summed E-state index contributed by atoms with van der Waals surface area (Å²) in [5.41, 5.74) is 6.27. The molecule has 0 radical (unpaired) electrons. The number of rotatable bonds is 3. The number of nitrogens with two attached hydrogens (primary N) is 1. The Bertz CT molecular complexity index is 394. The van der Waals surface area contributed by atoms with E-state index < -0.39 is 5.60 Å². The van der Waals surface area contributed by atoms with E-state index in [0.29, 0.717) is 12.2 Å². The zero-order valence-electron chi connectivity index (χ0n) is 11.2. The molecule has 0 spiro atoms. The Kier molecular flexibility index (Phi) is 4.23. The van der Waals surface area contributed by atoms with Gasteiger partial charge in [0.2, 0.25) is 0 Å². The lowest BCUT2D eigenvalue weighted by molar-refractivity contribution is 0.0242. The van der Waals surface area contributed by atoms with Gasteiger partial charge in [-0.2, -0.15) is 0 Å². The summed E-state index contributed by atoms with van der Waals surface area (Å²) in [7, 11) is 0. The average molecular weight is 248 g/mol. The van der Waals surface area contributed by atoms with Crippen LogP contribution < -0.4 is 5.73 Å². The van der Waals surface area contributed by atoms with Gasteiger partial charge in [0, 0.05) is 12.6 Å². The second-order valence-electron chi connectivity index (χ2n) is 5.65. The lowest BCUT2D eigenvalue weighted by Gasteiger charge is -2.27. The summed E-state index contributed by atoms with van der Waals surface area (Å²) in [6.07, 6.45) is 8.85. The summed E-state index contributed by atoms with van der Waals surface area (Å²) in [6.45, 7) is 2.24. The van der Waals surface area contributed by atoms with E-state index in [1.54, 1.807) is 6.20 Å². The van der Waals surface area contributed by atoms with Crippen LogP contribution in [0.4, 0.5) is 5.82 Å². The Morgan fingerprint density at radius 3 is 3.00 bits per heavy atom. The Hall–Kier alpha value is -1.09. The molecule has 2 atom stereocenters. The molecule has 100 valence electrons. The fraction of sp³-hybridized carbons (Fsp3) is 0.667.